The summed E-state index contributed by atoms with van der Waals surface area (Å²) in [5.41, 5.74) is 3.32. The SMILES string of the molecule is COc1ccc(NC(=O)C(=O)Nc2cccc(/C=C/C(=O)NO)c2)cc1-c1cnco1. The van der Waals surface area contributed by atoms with Crippen molar-refractivity contribution < 1.29 is 28.7 Å². The van der Waals surface area contributed by atoms with Crippen molar-refractivity contribution in [2.75, 3.05) is 17.7 Å². The molecule has 3 aromatic rings. The minimum absolute atomic E-state index is 0.351. The van der Waals surface area contributed by atoms with Crippen molar-refractivity contribution in [3.8, 4) is 17.1 Å². The molecular weight excluding hydrogens is 404 g/mol. The van der Waals surface area contributed by atoms with Crippen LogP contribution < -0.4 is 20.9 Å². The maximum Gasteiger partial charge on any atom is 0.314 e. The second kappa shape index (κ2) is 9.85. The van der Waals surface area contributed by atoms with Gasteiger partial charge < -0.3 is 19.8 Å². The molecule has 0 aliphatic rings. The number of carbonyl (C=O) groups excluding carboxylic acids is 3. The number of anilines is 2. The number of oxazole rings is 1. The van der Waals surface area contributed by atoms with Gasteiger partial charge >= 0.3 is 11.8 Å². The van der Waals surface area contributed by atoms with E-state index in [1.54, 1.807) is 42.5 Å². The van der Waals surface area contributed by atoms with Gasteiger partial charge in [0.1, 0.15) is 5.75 Å². The number of hydrogen-bond donors (Lipinski definition) is 4. The third-order valence-corrected chi connectivity index (χ3v) is 4.04. The molecule has 0 bridgehead atoms. The van der Waals surface area contributed by atoms with E-state index in [-0.39, 0.29) is 0 Å². The third kappa shape index (κ3) is 5.55. The first-order valence-electron chi connectivity index (χ1n) is 8.91. The van der Waals surface area contributed by atoms with Crippen molar-refractivity contribution in [1.82, 2.24) is 10.5 Å². The molecule has 2 aromatic carbocycles. The quantitative estimate of drug-likeness (QED) is 0.207. The molecule has 3 amide bonds. The molecule has 10 nitrogen and oxygen atoms in total. The maximum absolute atomic E-state index is 12.3. The normalized spacial score (nSPS) is 10.5. The van der Waals surface area contributed by atoms with Gasteiger partial charge in [-0.2, -0.15) is 0 Å². The zero-order chi connectivity index (χ0) is 22.2. The van der Waals surface area contributed by atoms with Crippen LogP contribution in [0.1, 0.15) is 5.56 Å². The predicted octanol–water partition coefficient (Wildman–Crippen LogP) is 2.45. The Bertz CT molecular complexity index is 1120. The van der Waals surface area contributed by atoms with E-state index in [0.29, 0.717) is 34.0 Å². The molecule has 3 rings (SSSR count). The summed E-state index contributed by atoms with van der Waals surface area (Å²) in [7, 11) is 1.50. The van der Waals surface area contributed by atoms with Crippen molar-refractivity contribution in [2.24, 2.45) is 0 Å². The predicted molar refractivity (Wildman–Crippen MR) is 111 cm³/mol. The van der Waals surface area contributed by atoms with Crippen LogP contribution in [0.5, 0.6) is 5.75 Å². The fourth-order valence-electron chi connectivity index (χ4n) is 2.63. The molecule has 0 fully saturated rings. The van der Waals surface area contributed by atoms with Crippen LogP contribution >= 0.6 is 0 Å². The Hall–Kier alpha value is -4.44. The van der Waals surface area contributed by atoms with Gasteiger partial charge in [-0.1, -0.05) is 12.1 Å². The van der Waals surface area contributed by atoms with E-state index >= 15 is 0 Å². The smallest absolute Gasteiger partial charge is 0.314 e. The number of nitrogens with one attached hydrogen (secondary N) is 3. The first-order chi connectivity index (χ1) is 15.0. The zero-order valence-electron chi connectivity index (χ0n) is 16.3. The van der Waals surface area contributed by atoms with E-state index in [4.69, 9.17) is 14.4 Å². The number of aromatic nitrogens is 1. The van der Waals surface area contributed by atoms with Gasteiger partial charge in [0.25, 0.3) is 5.91 Å². The topological polar surface area (TPSA) is 143 Å². The van der Waals surface area contributed by atoms with Crippen LogP contribution in [-0.4, -0.2) is 35.0 Å². The lowest BCUT2D eigenvalue weighted by Gasteiger charge is -2.10. The fourth-order valence-corrected chi connectivity index (χ4v) is 2.63. The summed E-state index contributed by atoms with van der Waals surface area (Å²) in [5, 5.41) is 13.5. The lowest BCUT2D eigenvalue weighted by molar-refractivity contribution is -0.132. The summed E-state index contributed by atoms with van der Waals surface area (Å²) in [5.74, 6) is -1.50. The molecule has 31 heavy (non-hydrogen) atoms. The van der Waals surface area contributed by atoms with Crippen LogP contribution in [-0.2, 0) is 14.4 Å². The molecule has 1 aromatic heterocycles. The summed E-state index contributed by atoms with van der Waals surface area (Å²) in [4.78, 5) is 39.5. The summed E-state index contributed by atoms with van der Waals surface area (Å²) in [6.07, 6.45) is 5.32. The van der Waals surface area contributed by atoms with E-state index in [1.165, 1.54) is 31.3 Å². The molecule has 0 aliphatic heterocycles. The van der Waals surface area contributed by atoms with Crippen LogP contribution in [0.15, 0.2) is 65.5 Å². The van der Waals surface area contributed by atoms with Crippen molar-refractivity contribution in [3.05, 3.63) is 66.7 Å². The van der Waals surface area contributed by atoms with E-state index in [0.717, 1.165) is 6.08 Å². The number of hydrogen-bond acceptors (Lipinski definition) is 7. The highest BCUT2D eigenvalue weighted by Gasteiger charge is 2.16. The standard InChI is InChI=1S/C21H18N4O6/c1-30-17-7-6-15(10-16(17)18-11-22-12-31-18)24-21(28)20(27)23-14-4-2-3-13(9-14)5-8-19(26)25-29/h2-12,29H,1H3,(H,23,27)(H,24,28)(H,25,26)/b8-5+. The number of rotatable bonds is 6. The highest BCUT2D eigenvalue weighted by Crippen LogP contribution is 2.32. The molecule has 0 saturated heterocycles. The van der Waals surface area contributed by atoms with E-state index in [2.05, 4.69) is 15.6 Å². The molecule has 4 N–H and O–H groups in total. The van der Waals surface area contributed by atoms with Crippen molar-refractivity contribution in [2.45, 2.75) is 0 Å². The van der Waals surface area contributed by atoms with Crippen LogP contribution in [0.2, 0.25) is 0 Å². The molecule has 1 heterocycles. The highest BCUT2D eigenvalue weighted by molar-refractivity contribution is 6.43. The van der Waals surface area contributed by atoms with E-state index in [1.807, 2.05) is 0 Å². The number of nitrogens with zero attached hydrogens (tertiary/aromatic N) is 1. The van der Waals surface area contributed by atoms with Gasteiger partial charge in [-0.25, -0.2) is 10.5 Å². The van der Waals surface area contributed by atoms with Gasteiger partial charge in [0.05, 0.1) is 18.9 Å². The van der Waals surface area contributed by atoms with Gasteiger partial charge in [0, 0.05) is 17.5 Å². The average molecular weight is 422 g/mol. The van der Waals surface area contributed by atoms with Gasteiger partial charge in [-0.3, -0.25) is 19.6 Å². The summed E-state index contributed by atoms with van der Waals surface area (Å²) < 4.78 is 10.6. The number of carbonyl (C=O) groups is 3. The Labute approximate surface area is 176 Å². The number of amides is 3. The van der Waals surface area contributed by atoms with Gasteiger partial charge in [0.2, 0.25) is 0 Å². The van der Waals surface area contributed by atoms with Gasteiger partial charge in [0.15, 0.2) is 12.2 Å². The highest BCUT2D eigenvalue weighted by atomic mass is 16.5. The van der Waals surface area contributed by atoms with Gasteiger partial charge in [-0.05, 0) is 42.0 Å². The largest absolute Gasteiger partial charge is 0.496 e. The number of benzene rings is 2. The van der Waals surface area contributed by atoms with Crippen molar-refractivity contribution in [3.63, 3.8) is 0 Å². The Morgan fingerprint density at radius 1 is 1.06 bits per heavy atom. The number of methoxy groups -OCH3 is 1. The first-order valence-corrected chi connectivity index (χ1v) is 8.91. The zero-order valence-corrected chi connectivity index (χ0v) is 16.3. The Morgan fingerprint density at radius 2 is 1.81 bits per heavy atom. The molecule has 0 unspecified atom stereocenters. The minimum Gasteiger partial charge on any atom is -0.496 e. The lowest BCUT2D eigenvalue weighted by Crippen LogP contribution is -2.29. The number of hydroxylamine groups is 1. The summed E-state index contributed by atoms with van der Waals surface area (Å²) in [6.45, 7) is 0. The average Bonchev–Trinajstić information content (AvgIpc) is 3.32. The monoisotopic (exact) mass is 422 g/mol. The van der Waals surface area contributed by atoms with Crippen LogP contribution in [0.25, 0.3) is 17.4 Å². The summed E-state index contributed by atoms with van der Waals surface area (Å²) >= 11 is 0. The molecular formula is C21H18N4O6. The lowest BCUT2D eigenvalue weighted by atomic mass is 10.1. The summed E-state index contributed by atoms with van der Waals surface area (Å²) in [6, 6.07) is 11.3. The molecule has 0 saturated carbocycles. The molecule has 10 heteroatoms. The molecule has 0 atom stereocenters. The van der Waals surface area contributed by atoms with Gasteiger partial charge in [-0.15, -0.1) is 0 Å². The second-order valence-electron chi connectivity index (χ2n) is 6.12. The molecule has 0 spiro atoms. The first kappa shape index (κ1) is 21.3. The Balaban J connectivity index is 1.69. The van der Waals surface area contributed by atoms with Crippen LogP contribution in [0, 0.1) is 0 Å². The molecule has 0 aliphatic carbocycles. The minimum atomic E-state index is -0.883. The fraction of sp³-hybridized carbons (Fsp3) is 0.0476. The van der Waals surface area contributed by atoms with Crippen LogP contribution in [0.4, 0.5) is 11.4 Å². The Kier molecular flexibility index (Phi) is 6.76. The molecule has 158 valence electrons. The third-order valence-electron chi connectivity index (χ3n) is 4.04. The second-order valence-corrected chi connectivity index (χ2v) is 6.12. The van der Waals surface area contributed by atoms with Crippen molar-refractivity contribution >= 4 is 35.2 Å². The van der Waals surface area contributed by atoms with E-state index < -0.39 is 17.7 Å². The van der Waals surface area contributed by atoms with Crippen LogP contribution in [0.3, 0.4) is 0 Å². The maximum atomic E-state index is 12.3. The molecule has 0 radical (unpaired) electrons. The Morgan fingerprint density at radius 3 is 2.45 bits per heavy atom. The van der Waals surface area contributed by atoms with E-state index in [9.17, 15) is 14.4 Å². The number of ether oxygens (including phenoxy) is 1. The van der Waals surface area contributed by atoms with Crippen molar-refractivity contribution in [1.29, 1.82) is 0 Å².